The summed E-state index contributed by atoms with van der Waals surface area (Å²) < 4.78 is 0.948. The van der Waals surface area contributed by atoms with Gasteiger partial charge in [0.1, 0.15) is 6.04 Å². The quantitative estimate of drug-likeness (QED) is 0.894. The van der Waals surface area contributed by atoms with Crippen LogP contribution in [-0.4, -0.2) is 34.6 Å². The number of carbonyl (C=O) groups is 2. The number of rotatable bonds is 3. The molecule has 102 valence electrons. The zero-order valence-corrected chi connectivity index (χ0v) is 11.9. The van der Waals surface area contributed by atoms with E-state index in [1.807, 2.05) is 24.3 Å². The van der Waals surface area contributed by atoms with Crippen molar-refractivity contribution in [3.05, 3.63) is 34.3 Å². The van der Waals surface area contributed by atoms with Crippen molar-refractivity contribution in [2.75, 3.05) is 6.54 Å². The van der Waals surface area contributed by atoms with Crippen LogP contribution in [0.2, 0.25) is 0 Å². The molecule has 2 rings (SSSR count). The van der Waals surface area contributed by atoms with Crippen molar-refractivity contribution in [3.8, 4) is 0 Å². The van der Waals surface area contributed by atoms with Crippen LogP contribution < -0.4 is 5.32 Å². The lowest BCUT2D eigenvalue weighted by molar-refractivity contribution is -0.141. The first kappa shape index (κ1) is 13.9. The van der Waals surface area contributed by atoms with Crippen LogP contribution in [-0.2, 0) is 11.3 Å². The molecule has 1 saturated heterocycles. The molecule has 1 aliphatic rings. The molecule has 1 aromatic carbocycles. The van der Waals surface area contributed by atoms with E-state index in [0.29, 0.717) is 19.5 Å². The summed E-state index contributed by atoms with van der Waals surface area (Å²) in [4.78, 5) is 24.4. The number of halogens is 1. The first-order valence-corrected chi connectivity index (χ1v) is 6.89. The Morgan fingerprint density at radius 2 is 2.26 bits per heavy atom. The van der Waals surface area contributed by atoms with Crippen molar-refractivity contribution in [2.45, 2.75) is 25.4 Å². The van der Waals surface area contributed by atoms with Crippen LogP contribution >= 0.6 is 15.9 Å². The molecule has 1 aliphatic heterocycles. The van der Waals surface area contributed by atoms with E-state index in [0.717, 1.165) is 16.5 Å². The number of urea groups is 1. The summed E-state index contributed by atoms with van der Waals surface area (Å²) in [7, 11) is 0. The van der Waals surface area contributed by atoms with Gasteiger partial charge < -0.3 is 15.3 Å². The molecule has 1 unspecified atom stereocenters. The van der Waals surface area contributed by atoms with Gasteiger partial charge >= 0.3 is 12.0 Å². The second-order valence-electron chi connectivity index (χ2n) is 4.48. The Morgan fingerprint density at radius 1 is 1.47 bits per heavy atom. The lowest BCUT2D eigenvalue weighted by atomic mass is 10.2. The molecule has 0 radical (unpaired) electrons. The Hall–Kier alpha value is -1.56. The Kier molecular flexibility index (Phi) is 4.42. The van der Waals surface area contributed by atoms with Crippen LogP contribution in [0.25, 0.3) is 0 Å². The van der Waals surface area contributed by atoms with Gasteiger partial charge in [0, 0.05) is 17.6 Å². The van der Waals surface area contributed by atoms with Crippen molar-refractivity contribution in [1.82, 2.24) is 10.2 Å². The Balaban J connectivity index is 1.92. The third-order valence-electron chi connectivity index (χ3n) is 3.13. The summed E-state index contributed by atoms with van der Waals surface area (Å²) in [5, 5.41) is 11.8. The number of hydrogen-bond donors (Lipinski definition) is 2. The summed E-state index contributed by atoms with van der Waals surface area (Å²) in [6.07, 6.45) is 1.26. The van der Waals surface area contributed by atoms with Crippen LogP contribution in [0.4, 0.5) is 4.79 Å². The minimum Gasteiger partial charge on any atom is -0.480 e. The van der Waals surface area contributed by atoms with Crippen molar-refractivity contribution >= 4 is 27.9 Å². The average Bonchev–Trinajstić information content (AvgIpc) is 2.85. The highest BCUT2D eigenvalue weighted by molar-refractivity contribution is 9.10. The molecule has 0 aromatic heterocycles. The van der Waals surface area contributed by atoms with Crippen molar-refractivity contribution in [2.24, 2.45) is 0 Å². The fourth-order valence-corrected chi connectivity index (χ4v) is 2.64. The van der Waals surface area contributed by atoms with E-state index in [4.69, 9.17) is 5.11 Å². The molecule has 2 amide bonds. The number of hydrogen-bond acceptors (Lipinski definition) is 2. The number of carboxylic acid groups (broad SMARTS) is 1. The van der Waals surface area contributed by atoms with Crippen molar-refractivity contribution < 1.29 is 14.7 Å². The van der Waals surface area contributed by atoms with Gasteiger partial charge in [0.15, 0.2) is 0 Å². The lowest BCUT2D eigenvalue weighted by Gasteiger charge is -2.21. The van der Waals surface area contributed by atoms with E-state index >= 15 is 0 Å². The first-order chi connectivity index (χ1) is 9.08. The van der Waals surface area contributed by atoms with Gasteiger partial charge in [-0.1, -0.05) is 28.1 Å². The Labute approximate surface area is 119 Å². The highest BCUT2D eigenvalue weighted by atomic mass is 79.9. The molecule has 0 aliphatic carbocycles. The molecule has 1 atom stereocenters. The maximum absolute atomic E-state index is 12.0. The maximum atomic E-state index is 12.0. The summed E-state index contributed by atoms with van der Waals surface area (Å²) >= 11 is 3.36. The van der Waals surface area contributed by atoms with Gasteiger partial charge in [-0.15, -0.1) is 0 Å². The monoisotopic (exact) mass is 326 g/mol. The van der Waals surface area contributed by atoms with Gasteiger partial charge in [0.2, 0.25) is 0 Å². The van der Waals surface area contributed by atoms with E-state index in [9.17, 15) is 9.59 Å². The van der Waals surface area contributed by atoms with Crippen LogP contribution in [0, 0.1) is 0 Å². The second kappa shape index (κ2) is 6.06. The van der Waals surface area contributed by atoms with Crippen LogP contribution in [0.5, 0.6) is 0 Å². The SMILES string of the molecule is O=C(O)C1CCCN1C(=O)NCc1cccc(Br)c1. The molecular formula is C13H15BrN2O3. The normalized spacial score (nSPS) is 18.4. The number of nitrogens with one attached hydrogen (secondary N) is 1. The maximum Gasteiger partial charge on any atom is 0.326 e. The van der Waals surface area contributed by atoms with Gasteiger partial charge in [0.05, 0.1) is 0 Å². The number of benzene rings is 1. The molecule has 0 spiro atoms. The van der Waals surface area contributed by atoms with Gasteiger partial charge in [-0.05, 0) is 30.5 Å². The number of carbonyl (C=O) groups excluding carboxylic acids is 1. The van der Waals surface area contributed by atoms with E-state index in [1.165, 1.54) is 4.90 Å². The fourth-order valence-electron chi connectivity index (χ4n) is 2.19. The number of aliphatic carboxylic acids is 1. The van der Waals surface area contributed by atoms with Crippen LogP contribution in [0.1, 0.15) is 18.4 Å². The van der Waals surface area contributed by atoms with Gasteiger partial charge in [0.25, 0.3) is 0 Å². The third-order valence-corrected chi connectivity index (χ3v) is 3.62. The molecule has 1 fully saturated rings. The van der Waals surface area contributed by atoms with Crippen molar-refractivity contribution in [3.63, 3.8) is 0 Å². The Bertz CT molecular complexity index is 493. The molecule has 1 aromatic rings. The molecular weight excluding hydrogens is 312 g/mol. The summed E-state index contributed by atoms with van der Waals surface area (Å²) in [5.41, 5.74) is 0.966. The number of carboxylic acids is 1. The predicted octanol–water partition coefficient (Wildman–Crippen LogP) is 2.21. The largest absolute Gasteiger partial charge is 0.480 e. The third kappa shape index (κ3) is 3.47. The molecule has 2 N–H and O–H groups in total. The molecule has 5 nitrogen and oxygen atoms in total. The average molecular weight is 327 g/mol. The molecule has 0 bridgehead atoms. The molecule has 0 saturated carbocycles. The number of nitrogens with zero attached hydrogens (tertiary/aromatic N) is 1. The summed E-state index contributed by atoms with van der Waals surface area (Å²) in [6, 6.07) is 6.61. The minimum atomic E-state index is -0.935. The molecule has 19 heavy (non-hydrogen) atoms. The standard InChI is InChI=1S/C13H15BrN2O3/c14-10-4-1-3-9(7-10)8-15-13(19)16-6-2-5-11(16)12(17)18/h1,3-4,7,11H,2,5-6,8H2,(H,15,19)(H,17,18). The minimum absolute atomic E-state index is 0.315. The number of amides is 2. The van der Waals surface area contributed by atoms with E-state index in [-0.39, 0.29) is 6.03 Å². The van der Waals surface area contributed by atoms with Gasteiger partial charge in [-0.25, -0.2) is 9.59 Å². The predicted molar refractivity (Wildman–Crippen MR) is 73.7 cm³/mol. The second-order valence-corrected chi connectivity index (χ2v) is 5.39. The fraction of sp³-hybridized carbons (Fsp3) is 0.385. The lowest BCUT2D eigenvalue weighted by Crippen LogP contribution is -2.45. The highest BCUT2D eigenvalue weighted by Gasteiger charge is 2.33. The van der Waals surface area contributed by atoms with Crippen molar-refractivity contribution in [1.29, 1.82) is 0 Å². The molecule has 1 heterocycles. The van der Waals surface area contributed by atoms with Gasteiger partial charge in [-0.3, -0.25) is 0 Å². The topological polar surface area (TPSA) is 69.6 Å². The Morgan fingerprint density at radius 3 is 2.95 bits per heavy atom. The van der Waals surface area contributed by atoms with E-state index < -0.39 is 12.0 Å². The van der Waals surface area contributed by atoms with E-state index in [2.05, 4.69) is 21.2 Å². The van der Waals surface area contributed by atoms with Gasteiger partial charge in [-0.2, -0.15) is 0 Å². The highest BCUT2D eigenvalue weighted by Crippen LogP contribution is 2.17. The summed E-state index contributed by atoms with van der Waals surface area (Å²) in [6.45, 7) is 0.891. The summed E-state index contributed by atoms with van der Waals surface area (Å²) in [5.74, 6) is -0.935. The zero-order valence-electron chi connectivity index (χ0n) is 10.3. The van der Waals surface area contributed by atoms with Crippen LogP contribution in [0.15, 0.2) is 28.7 Å². The molecule has 6 heteroatoms. The zero-order chi connectivity index (χ0) is 13.8. The van der Waals surface area contributed by atoms with E-state index in [1.54, 1.807) is 0 Å². The first-order valence-electron chi connectivity index (χ1n) is 6.09. The van der Waals surface area contributed by atoms with Crippen LogP contribution in [0.3, 0.4) is 0 Å². The number of likely N-dealkylation sites (tertiary alicyclic amines) is 1. The smallest absolute Gasteiger partial charge is 0.326 e.